The van der Waals surface area contributed by atoms with Crippen LogP contribution in [0.4, 0.5) is 5.69 Å². The monoisotopic (exact) mass is 262 g/mol. The fraction of sp³-hybridized carbons (Fsp3) is 0.562. The third-order valence-corrected chi connectivity index (χ3v) is 3.71. The topological polar surface area (TPSA) is 55.1 Å². The second kappa shape index (κ2) is 6.60. The Labute approximate surface area is 116 Å². The largest absolute Gasteiger partial charge is 0.399 e. The van der Waals surface area contributed by atoms with Crippen LogP contribution in [0, 0.1) is 24.7 Å². The van der Waals surface area contributed by atoms with Gasteiger partial charge in [0.2, 0.25) is 0 Å². The number of nitrogens with one attached hydrogen (secondary N) is 1. The lowest BCUT2D eigenvalue weighted by Gasteiger charge is -2.25. The number of hydrogen-bond acceptors (Lipinski definition) is 2. The van der Waals surface area contributed by atoms with Crippen LogP contribution in [0.5, 0.6) is 0 Å². The molecule has 0 saturated heterocycles. The molecule has 0 heterocycles. The Morgan fingerprint density at radius 1 is 1.21 bits per heavy atom. The molecule has 3 heteroatoms. The van der Waals surface area contributed by atoms with E-state index in [4.69, 9.17) is 5.73 Å². The standard InChI is InChI=1S/C16H26N2O/c1-10(2)15(11(3)4)9-18-16(19)14-7-6-13(17)8-12(14)5/h6-8,10-11,15H,9,17H2,1-5H3,(H,18,19). The van der Waals surface area contributed by atoms with Crippen LogP contribution in [0.1, 0.15) is 43.6 Å². The van der Waals surface area contributed by atoms with Gasteiger partial charge < -0.3 is 11.1 Å². The minimum absolute atomic E-state index is 0.0104. The third-order valence-electron chi connectivity index (χ3n) is 3.71. The summed E-state index contributed by atoms with van der Waals surface area (Å²) in [6.07, 6.45) is 0. The van der Waals surface area contributed by atoms with E-state index in [0.29, 0.717) is 29.0 Å². The molecule has 0 aliphatic rings. The summed E-state index contributed by atoms with van der Waals surface area (Å²) in [5, 5.41) is 3.04. The summed E-state index contributed by atoms with van der Waals surface area (Å²) in [5.74, 6) is 1.61. The molecule has 106 valence electrons. The highest BCUT2D eigenvalue weighted by Crippen LogP contribution is 2.20. The van der Waals surface area contributed by atoms with Crippen molar-refractivity contribution in [1.29, 1.82) is 0 Å². The fourth-order valence-corrected chi connectivity index (χ4v) is 2.49. The van der Waals surface area contributed by atoms with E-state index in [9.17, 15) is 4.79 Å². The van der Waals surface area contributed by atoms with Crippen molar-refractivity contribution in [2.24, 2.45) is 17.8 Å². The van der Waals surface area contributed by atoms with Crippen LogP contribution in [-0.2, 0) is 0 Å². The maximum atomic E-state index is 12.2. The summed E-state index contributed by atoms with van der Waals surface area (Å²) >= 11 is 0. The molecule has 0 atom stereocenters. The van der Waals surface area contributed by atoms with Gasteiger partial charge >= 0.3 is 0 Å². The number of anilines is 1. The summed E-state index contributed by atoms with van der Waals surface area (Å²) in [6, 6.07) is 5.39. The molecule has 0 saturated carbocycles. The van der Waals surface area contributed by atoms with E-state index in [0.717, 1.165) is 12.1 Å². The quantitative estimate of drug-likeness (QED) is 0.800. The van der Waals surface area contributed by atoms with Crippen LogP contribution in [0.25, 0.3) is 0 Å². The van der Waals surface area contributed by atoms with Crippen LogP contribution < -0.4 is 11.1 Å². The van der Waals surface area contributed by atoms with Crippen molar-refractivity contribution in [3.05, 3.63) is 29.3 Å². The Kier molecular flexibility index (Phi) is 5.40. The molecule has 1 aromatic rings. The van der Waals surface area contributed by atoms with E-state index >= 15 is 0 Å². The van der Waals surface area contributed by atoms with Gasteiger partial charge in [0.25, 0.3) is 5.91 Å². The first kappa shape index (κ1) is 15.5. The summed E-state index contributed by atoms with van der Waals surface area (Å²) in [6.45, 7) is 11.4. The van der Waals surface area contributed by atoms with Crippen LogP contribution in [0.3, 0.4) is 0 Å². The molecule has 3 N–H and O–H groups in total. The molecular weight excluding hydrogens is 236 g/mol. The van der Waals surface area contributed by atoms with Crippen molar-refractivity contribution in [3.8, 4) is 0 Å². The Morgan fingerprint density at radius 3 is 2.26 bits per heavy atom. The molecule has 3 nitrogen and oxygen atoms in total. The zero-order valence-corrected chi connectivity index (χ0v) is 12.7. The molecule has 0 aliphatic heterocycles. The molecule has 1 rings (SSSR count). The van der Waals surface area contributed by atoms with Gasteiger partial charge in [-0.15, -0.1) is 0 Å². The van der Waals surface area contributed by atoms with Gasteiger partial charge in [0.05, 0.1) is 0 Å². The average Bonchev–Trinajstić information content (AvgIpc) is 2.27. The smallest absolute Gasteiger partial charge is 0.251 e. The lowest BCUT2D eigenvalue weighted by Crippen LogP contribution is -2.34. The van der Waals surface area contributed by atoms with Gasteiger partial charge in [-0.05, 0) is 48.4 Å². The number of carbonyl (C=O) groups excluding carboxylic acids is 1. The van der Waals surface area contributed by atoms with Crippen LogP contribution >= 0.6 is 0 Å². The van der Waals surface area contributed by atoms with Crippen molar-refractivity contribution in [2.45, 2.75) is 34.6 Å². The van der Waals surface area contributed by atoms with Gasteiger partial charge in [-0.2, -0.15) is 0 Å². The van der Waals surface area contributed by atoms with Crippen LogP contribution in [0.15, 0.2) is 18.2 Å². The predicted molar refractivity (Wildman–Crippen MR) is 81.1 cm³/mol. The second-order valence-electron chi connectivity index (χ2n) is 5.94. The van der Waals surface area contributed by atoms with E-state index in [-0.39, 0.29) is 5.91 Å². The van der Waals surface area contributed by atoms with Crippen molar-refractivity contribution < 1.29 is 4.79 Å². The van der Waals surface area contributed by atoms with Gasteiger partial charge in [0, 0.05) is 17.8 Å². The molecule has 0 aromatic heterocycles. The number of nitrogen functional groups attached to an aromatic ring is 1. The van der Waals surface area contributed by atoms with Crippen molar-refractivity contribution in [3.63, 3.8) is 0 Å². The normalized spacial score (nSPS) is 11.4. The number of carbonyl (C=O) groups is 1. The number of hydrogen-bond donors (Lipinski definition) is 2. The predicted octanol–water partition coefficient (Wildman–Crippen LogP) is 3.24. The van der Waals surface area contributed by atoms with Gasteiger partial charge in [-0.3, -0.25) is 4.79 Å². The number of benzene rings is 1. The summed E-state index contributed by atoms with van der Waals surface area (Å²) in [7, 11) is 0. The lowest BCUT2D eigenvalue weighted by atomic mass is 9.85. The maximum Gasteiger partial charge on any atom is 0.251 e. The molecule has 0 fully saturated rings. The van der Waals surface area contributed by atoms with E-state index in [1.165, 1.54) is 0 Å². The van der Waals surface area contributed by atoms with E-state index in [1.807, 2.05) is 13.0 Å². The summed E-state index contributed by atoms with van der Waals surface area (Å²) in [4.78, 5) is 12.2. The highest BCUT2D eigenvalue weighted by molar-refractivity contribution is 5.96. The van der Waals surface area contributed by atoms with Crippen LogP contribution in [-0.4, -0.2) is 12.5 Å². The maximum absolute atomic E-state index is 12.2. The lowest BCUT2D eigenvalue weighted by molar-refractivity contribution is 0.0936. The number of amides is 1. The van der Waals surface area contributed by atoms with Gasteiger partial charge in [0.15, 0.2) is 0 Å². The van der Waals surface area contributed by atoms with Gasteiger partial charge in [0.1, 0.15) is 0 Å². The Balaban J connectivity index is 2.69. The first-order chi connectivity index (χ1) is 8.82. The highest BCUT2D eigenvalue weighted by atomic mass is 16.1. The molecule has 19 heavy (non-hydrogen) atoms. The van der Waals surface area contributed by atoms with Gasteiger partial charge in [-0.1, -0.05) is 27.7 Å². The summed E-state index contributed by atoms with van der Waals surface area (Å²) in [5.41, 5.74) is 8.02. The Morgan fingerprint density at radius 2 is 1.79 bits per heavy atom. The zero-order chi connectivity index (χ0) is 14.6. The average molecular weight is 262 g/mol. The molecule has 0 unspecified atom stereocenters. The highest BCUT2D eigenvalue weighted by Gasteiger charge is 2.19. The van der Waals surface area contributed by atoms with E-state index in [1.54, 1.807) is 12.1 Å². The first-order valence-corrected chi connectivity index (χ1v) is 6.97. The molecule has 0 radical (unpaired) electrons. The van der Waals surface area contributed by atoms with Crippen molar-refractivity contribution in [2.75, 3.05) is 12.3 Å². The number of aryl methyl sites for hydroxylation is 1. The number of rotatable bonds is 5. The minimum Gasteiger partial charge on any atom is -0.399 e. The molecule has 1 aromatic carbocycles. The van der Waals surface area contributed by atoms with Gasteiger partial charge in [-0.25, -0.2) is 0 Å². The SMILES string of the molecule is Cc1cc(N)ccc1C(=O)NCC(C(C)C)C(C)C. The molecule has 1 amide bonds. The Bertz CT molecular complexity index is 430. The molecule has 0 aliphatic carbocycles. The molecule has 0 bridgehead atoms. The molecule has 0 spiro atoms. The fourth-order valence-electron chi connectivity index (χ4n) is 2.49. The second-order valence-corrected chi connectivity index (χ2v) is 5.94. The molecular formula is C16H26N2O. The minimum atomic E-state index is -0.0104. The number of nitrogens with two attached hydrogens (primary N) is 1. The first-order valence-electron chi connectivity index (χ1n) is 6.97. The van der Waals surface area contributed by atoms with Crippen molar-refractivity contribution >= 4 is 11.6 Å². The third kappa shape index (κ3) is 4.27. The van der Waals surface area contributed by atoms with Crippen LogP contribution in [0.2, 0.25) is 0 Å². The van der Waals surface area contributed by atoms with E-state index < -0.39 is 0 Å². The van der Waals surface area contributed by atoms with Crippen molar-refractivity contribution in [1.82, 2.24) is 5.32 Å². The Hall–Kier alpha value is -1.51. The zero-order valence-electron chi connectivity index (χ0n) is 12.7. The van der Waals surface area contributed by atoms with E-state index in [2.05, 4.69) is 33.0 Å². The summed E-state index contributed by atoms with van der Waals surface area (Å²) < 4.78 is 0.